The summed E-state index contributed by atoms with van der Waals surface area (Å²) in [5.74, 6) is -0.836. The molecule has 5 heteroatoms. The summed E-state index contributed by atoms with van der Waals surface area (Å²) in [6, 6.07) is 5.18. The van der Waals surface area contributed by atoms with Crippen LogP contribution in [0.3, 0.4) is 0 Å². The van der Waals surface area contributed by atoms with Crippen LogP contribution in [0.1, 0.15) is 23.0 Å². The summed E-state index contributed by atoms with van der Waals surface area (Å²) in [5, 5.41) is 7.28. The Labute approximate surface area is 111 Å². The molecule has 0 saturated carbocycles. The maximum absolute atomic E-state index is 13.8. The van der Waals surface area contributed by atoms with Gasteiger partial charge in [0.1, 0.15) is 11.6 Å². The molecule has 0 spiro atoms. The molecule has 3 nitrogen and oxygen atoms in total. The minimum atomic E-state index is -0.433. The van der Waals surface area contributed by atoms with Gasteiger partial charge >= 0.3 is 0 Å². The van der Waals surface area contributed by atoms with E-state index < -0.39 is 11.6 Å². The van der Waals surface area contributed by atoms with Gasteiger partial charge in [-0.2, -0.15) is 5.10 Å². The van der Waals surface area contributed by atoms with Crippen LogP contribution >= 0.6 is 0 Å². The number of aromatic nitrogens is 2. The van der Waals surface area contributed by atoms with E-state index in [9.17, 15) is 8.78 Å². The summed E-state index contributed by atoms with van der Waals surface area (Å²) in [4.78, 5) is 0. The van der Waals surface area contributed by atoms with Gasteiger partial charge in [0.05, 0.1) is 5.69 Å². The second-order valence-corrected chi connectivity index (χ2v) is 4.61. The smallest absolute Gasteiger partial charge is 0.128 e. The van der Waals surface area contributed by atoms with Gasteiger partial charge in [-0.25, -0.2) is 8.78 Å². The van der Waals surface area contributed by atoms with E-state index in [1.165, 1.54) is 6.07 Å². The van der Waals surface area contributed by atoms with Crippen molar-refractivity contribution in [1.82, 2.24) is 15.1 Å². The lowest BCUT2D eigenvalue weighted by atomic mass is 10.0. The van der Waals surface area contributed by atoms with Gasteiger partial charge in [-0.3, -0.25) is 4.68 Å². The molecule has 0 fully saturated rings. The van der Waals surface area contributed by atoms with Crippen LogP contribution in [-0.2, 0) is 13.5 Å². The molecule has 1 aromatic heterocycles. The quantitative estimate of drug-likeness (QED) is 0.920. The van der Waals surface area contributed by atoms with Crippen molar-refractivity contribution in [2.24, 2.45) is 7.05 Å². The van der Waals surface area contributed by atoms with E-state index in [2.05, 4.69) is 10.4 Å². The van der Waals surface area contributed by atoms with Crippen molar-refractivity contribution in [1.29, 1.82) is 0 Å². The average molecular weight is 265 g/mol. The maximum Gasteiger partial charge on any atom is 0.128 e. The third-order valence-corrected chi connectivity index (χ3v) is 3.19. The van der Waals surface area contributed by atoms with Crippen LogP contribution in [0, 0.1) is 18.6 Å². The molecule has 1 heterocycles. The number of halogens is 2. The molecular weight excluding hydrogens is 248 g/mol. The van der Waals surface area contributed by atoms with Gasteiger partial charge in [-0.15, -0.1) is 0 Å². The Kier molecular flexibility index (Phi) is 3.95. The number of benzene rings is 1. The molecule has 0 radical (unpaired) electrons. The van der Waals surface area contributed by atoms with Gasteiger partial charge in [0.25, 0.3) is 0 Å². The number of hydrogen-bond acceptors (Lipinski definition) is 2. The molecule has 0 bridgehead atoms. The fraction of sp³-hybridized carbons (Fsp3) is 0.357. The molecule has 19 heavy (non-hydrogen) atoms. The molecule has 0 saturated heterocycles. The van der Waals surface area contributed by atoms with Gasteiger partial charge in [0, 0.05) is 30.8 Å². The van der Waals surface area contributed by atoms with Crippen LogP contribution < -0.4 is 5.32 Å². The Morgan fingerprint density at radius 3 is 2.63 bits per heavy atom. The third-order valence-electron chi connectivity index (χ3n) is 3.19. The first kappa shape index (κ1) is 13.7. The van der Waals surface area contributed by atoms with Crippen molar-refractivity contribution in [3.8, 4) is 0 Å². The molecule has 1 atom stereocenters. The zero-order chi connectivity index (χ0) is 14.0. The molecule has 1 aromatic carbocycles. The SMILES string of the molecule is CNC(Cc1cc(C)nn1C)c1cc(F)ccc1F. The molecular formula is C14H17F2N3. The number of rotatable bonds is 4. The summed E-state index contributed by atoms with van der Waals surface area (Å²) >= 11 is 0. The van der Waals surface area contributed by atoms with Gasteiger partial charge < -0.3 is 5.32 Å². The average Bonchev–Trinajstić information content (AvgIpc) is 2.68. The van der Waals surface area contributed by atoms with E-state index in [1.54, 1.807) is 11.7 Å². The Balaban J connectivity index is 2.30. The normalized spacial score (nSPS) is 12.7. The molecule has 1 unspecified atom stereocenters. The first-order valence-corrected chi connectivity index (χ1v) is 6.13. The van der Waals surface area contributed by atoms with E-state index in [4.69, 9.17) is 0 Å². The van der Waals surface area contributed by atoms with E-state index in [1.807, 2.05) is 20.0 Å². The topological polar surface area (TPSA) is 29.9 Å². The monoisotopic (exact) mass is 265 g/mol. The van der Waals surface area contributed by atoms with Crippen LogP contribution in [0.2, 0.25) is 0 Å². The van der Waals surface area contributed by atoms with Gasteiger partial charge in [0.2, 0.25) is 0 Å². The Morgan fingerprint density at radius 1 is 1.32 bits per heavy atom. The van der Waals surface area contributed by atoms with Crippen LogP contribution in [0.4, 0.5) is 8.78 Å². The number of hydrogen-bond donors (Lipinski definition) is 1. The maximum atomic E-state index is 13.8. The number of nitrogens with one attached hydrogen (secondary N) is 1. The van der Waals surface area contributed by atoms with E-state index in [0.717, 1.165) is 23.5 Å². The fourth-order valence-corrected chi connectivity index (χ4v) is 2.21. The molecule has 2 rings (SSSR count). The Bertz CT molecular complexity index is 578. The first-order chi connectivity index (χ1) is 9.01. The van der Waals surface area contributed by atoms with Gasteiger partial charge in [-0.1, -0.05) is 0 Å². The highest BCUT2D eigenvalue weighted by molar-refractivity contribution is 5.24. The van der Waals surface area contributed by atoms with Crippen molar-refractivity contribution < 1.29 is 8.78 Å². The predicted molar refractivity (Wildman–Crippen MR) is 69.8 cm³/mol. The molecule has 0 aliphatic heterocycles. The van der Waals surface area contributed by atoms with Crippen molar-refractivity contribution >= 4 is 0 Å². The van der Waals surface area contributed by atoms with Crippen LogP contribution in [0.15, 0.2) is 24.3 Å². The van der Waals surface area contributed by atoms with Crippen molar-refractivity contribution in [3.63, 3.8) is 0 Å². The molecule has 0 aliphatic rings. The molecule has 0 aliphatic carbocycles. The summed E-state index contributed by atoms with van der Waals surface area (Å²) in [6.07, 6.45) is 0.550. The van der Waals surface area contributed by atoms with Crippen molar-refractivity contribution in [2.75, 3.05) is 7.05 Å². The van der Waals surface area contributed by atoms with Crippen LogP contribution in [0.5, 0.6) is 0 Å². The zero-order valence-electron chi connectivity index (χ0n) is 11.2. The first-order valence-electron chi connectivity index (χ1n) is 6.13. The molecule has 1 N–H and O–H groups in total. The number of nitrogens with zero attached hydrogens (tertiary/aromatic N) is 2. The highest BCUT2D eigenvalue weighted by atomic mass is 19.1. The van der Waals surface area contributed by atoms with Crippen molar-refractivity contribution in [2.45, 2.75) is 19.4 Å². The van der Waals surface area contributed by atoms with Gasteiger partial charge in [0.15, 0.2) is 0 Å². The Morgan fingerprint density at radius 2 is 2.05 bits per heavy atom. The summed E-state index contributed by atoms with van der Waals surface area (Å²) < 4.78 is 28.8. The summed E-state index contributed by atoms with van der Waals surface area (Å²) in [5.41, 5.74) is 2.22. The number of likely N-dealkylation sites (N-methyl/N-ethyl adjacent to an activating group) is 1. The minimum absolute atomic E-state index is 0.287. The minimum Gasteiger partial charge on any atom is -0.313 e. The van der Waals surface area contributed by atoms with Gasteiger partial charge in [-0.05, 0) is 38.2 Å². The molecule has 102 valence electrons. The predicted octanol–water partition coefficient (Wildman–Crippen LogP) is 2.51. The standard InChI is InChI=1S/C14H17F2N3/c1-9-6-11(19(3)18-9)8-14(17-2)12-7-10(15)4-5-13(12)16/h4-7,14,17H,8H2,1-3H3. The highest BCUT2D eigenvalue weighted by Crippen LogP contribution is 2.22. The third kappa shape index (κ3) is 2.98. The van der Waals surface area contributed by atoms with Crippen molar-refractivity contribution in [3.05, 3.63) is 52.9 Å². The summed E-state index contributed by atoms with van der Waals surface area (Å²) in [6.45, 7) is 1.90. The highest BCUT2D eigenvalue weighted by Gasteiger charge is 2.17. The lowest BCUT2D eigenvalue weighted by Gasteiger charge is -2.17. The van der Waals surface area contributed by atoms with E-state index >= 15 is 0 Å². The second kappa shape index (κ2) is 5.48. The lowest BCUT2D eigenvalue weighted by molar-refractivity contribution is 0.511. The largest absolute Gasteiger partial charge is 0.313 e. The summed E-state index contributed by atoms with van der Waals surface area (Å²) in [7, 11) is 3.58. The molecule has 2 aromatic rings. The van der Waals surface area contributed by atoms with E-state index in [-0.39, 0.29) is 6.04 Å². The second-order valence-electron chi connectivity index (χ2n) is 4.61. The lowest BCUT2D eigenvalue weighted by Crippen LogP contribution is -2.21. The molecule has 0 amide bonds. The zero-order valence-corrected chi connectivity index (χ0v) is 11.2. The van der Waals surface area contributed by atoms with E-state index in [0.29, 0.717) is 12.0 Å². The van der Waals surface area contributed by atoms with Crippen LogP contribution in [0.25, 0.3) is 0 Å². The Hall–Kier alpha value is -1.75. The number of aryl methyl sites for hydroxylation is 2. The van der Waals surface area contributed by atoms with Crippen LogP contribution in [-0.4, -0.2) is 16.8 Å². The fourth-order valence-electron chi connectivity index (χ4n) is 2.21.